The second-order valence-electron chi connectivity index (χ2n) is 3.34. The number of hydrogen-bond donors (Lipinski definition) is 0. The van der Waals surface area contributed by atoms with Crippen LogP contribution in [0.15, 0.2) is 24.3 Å². The topological polar surface area (TPSA) is 12.5 Å². The van der Waals surface area contributed by atoms with Crippen LogP contribution in [0.25, 0.3) is 0 Å². The highest BCUT2D eigenvalue weighted by Crippen LogP contribution is 2.44. The predicted octanol–water partition coefficient (Wildman–Crippen LogP) is 1.52. The first-order valence-corrected chi connectivity index (χ1v) is 4.41. The van der Waals surface area contributed by atoms with Gasteiger partial charge in [0.05, 0.1) is 0 Å². The molecule has 0 aromatic carbocycles. The largest absolute Gasteiger partial charge is 0.357 e. The Hall–Kier alpha value is 0.206. The van der Waals surface area contributed by atoms with E-state index in [1.165, 1.54) is 19.3 Å². The van der Waals surface area contributed by atoms with Gasteiger partial charge in [0, 0.05) is 0 Å². The quantitative estimate of drug-likeness (QED) is 0.469. The van der Waals surface area contributed by atoms with E-state index in [0.717, 1.165) is 0 Å². The van der Waals surface area contributed by atoms with Crippen LogP contribution in [-0.4, -0.2) is 34.8 Å². The fraction of sp³-hybridized carbons (Fsp3) is 0.600. The molecule has 0 bridgehead atoms. The minimum absolute atomic E-state index is 0. The Balaban J connectivity index is 0.000000720. The van der Waals surface area contributed by atoms with Crippen LogP contribution in [0.3, 0.4) is 0 Å². The number of fused-ring (bicyclic) bond motifs is 1. The van der Waals surface area contributed by atoms with Gasteiger partial charge in [-0.25, -0.2) is 0 Å². The summed E-state index contributed by atoms with van der Waals surface area (Å²) in [5.74, 6) is 0. The van der Waals surface area contributed by atoms with Crippen molar-refractivity contribution >= 4 is 23.1 Å². The van der Waals surface area contributed by atoms with Gasteiger partial charge in [0.2, 0.25) is 0 Å². The molecule has 0 amide bonds. The first-order valence-electron chi connectivity index (χ1n) is 4.41. The molecule has 0 spiro atoms. The van der Waals surface area contributed by atoms with E-state index in [-0.39, 0.29) is 28.7 Å². The number of rotatable bonds is 3. The zero-order valence-electron chi connectivity index (χ0n) is 6.92. The maximum Gasteiger partial charge on any atom is 0.316 e. The lowest BCUT2D eigenvalue weighted by Crippen LogP contribution is -2.11. The molecule has 2 rings (SSSR count). The smallest absolute Gasteiger partial charge is 0.316 e. The van der Waals surface area contributed by atoms with Crippen molar-refractivity contribution in [1.82, 2.24) is 0 Å². The number of allylic oxidation sites excluding steroid dienone is 2. The second kappa shape index (κ2) is 3.94. The molecular formula is C10H16MgO. The fourth-order valence-electron chi connectivity index (χ4n) is 1.66. The van der Waals surface area contributed by atoms with Crippen LogP contribution in [0.1, 0.15) is 26.2 Å². The van der Waals surface area contributed by atoms with Crippen LogP contribution in [0.5, 0.6) is 0 Å². The molecule has 0 aromatic heterocycles. The summed E-state index contributed by atoms with van der Waals surface area (Å²) in [6, 6.07) is 0. The molecule has 64 valence electrons. The minimum Gasteiger partial charge on any atom is -0.357 e. The molecule has 2 heteroatoms. The highest BCUT2D eigenvalue weighted by Gasteiger charge is 2.52. The lowest BCUT2D eigenvalue weighted by Gasteiger charge is -2.06. The molecule has 2 unspecified atom stereocenters. The summed E-state index contributed by atoms with van der Waals surface area (Å²) in [6.07, 6.45) is 12.6. The molecule has 0 N–H and O–H groups in total. The SMILES string of the molecule is CCCCC12C=CC=CC1O2.[MgH2]. The number of ether oxygens (including phenoxy) is 1. The molecule has 2 aliphatic rings. The average molecular weight is 177 g/mol. The van der Waals surface area contributed by atoms with Gasteiger partial charge in [-0.3, -0.25) is 0 Å². The van der Waals surface area contributed by atoms with Gasteiger partial charge < -0.3 is 4.74 Å². The first-order chi connectivity index (χ1) is 5.37. The summed E-state index contributed by atoms with van der Waals surface area (Å²) in [7, 11) is 0. The molecule has 1 nitrogen and oxygen atoms in total. The zero-order valence-corrected chi connectivity index (χ0v) is 6.92. The molecule has 12 heavy (non-hydrogen) atoms. The molecule has 1 heterocycles. The van der Waals surface area contributed by atoms with Crippen LogP contribution < -0.4 is 0 Å². The average Bonchev–Trinajstić information content (AvgIpc) is 2.75. The molecule has 0 aromatic rings. The normalized spacial score (nSPS) is 35.6. The maximum absolute atomic E-state index is 5.59. The van der Waals surface area contributed by atoms with Crippen molar-refractivity contribution in [3.05, 3.63) is 24.3 Å². The zero-order chi connectivity index (χ0) is 7.73. The Labute approximate surface area is 90.0 Å². The van der Waals surface area contributed by atoms with E-state index < -0.39 is 0 Å². The Morgan fingerprint density at radius 2 is 2.25 bits per heavy atom. The van der Waals surface area contributed by atoms with Crippen molar-refractivity contribution in [2.75, 3.05) is 0 Å². The summed E-state index contributed by atoms with van der Waals surface area (Å²) in [4.78, 5) is 0. The Morgan fingerprint density at radius 1 is 1.42 bits per heavy atom. The van der Waals surface area contributed by atoms with Crippen LogP contribution in [0, 0.1) is 0 Å². The van der Waals surface area contributed by atoms with Gasteiger partial charge in [-0.1, -0.05) is 38.0 Å². The monoisotopic (exact) mass is 176 g/mol. The van der Waals surface area contributed by atoms with Crippen molar-refractivity contribution in [3.8, 4) is 0 Å². The second-order valence-corrected chi connectivity index (χ2v) is 3.34. The van der Waals surface area contributed by atoms with Gasteiger partial charge in [0.1, 0.15) is 11.7 Å². The van der Waals surface area contributed by atoms with E-state index in [0.29, 0.717) is 6.10 Å². The summed E-state index contributed by atoms with van der Waals surface area (Å²) < 4.78 is 5.59. The predicted molar refractivity (Wildman–Crippen MR) is 54.0 cm³/mol. The summed E-state index contributed by atoms with van der Waals surface area (Å²) in [6.45, 7) is 2.22. The molecule has 1 aliphatic carbocycles. The summed E-state index contributed by atoms with van der Waals surface area (Å²) >= 11 is 0. The maximum atomic E-state index is 5.59. The van der Waals surface area contributed by atoms with Gasteiger partial charge in [-0.2, -0.15) is 0 Å². The van der Waals surface area contributed by atoms with Gasteiger partial charge in [-0.15, -0.1) is 0 Å². The van der Waals surface area contributed by atoms with E-state index in [4.69, 9.17) is 4.74 Å². The van der Waals surface area contributed by atoms with E-state index in [1.807, 2.05) is 0 Å². The Bertz CT molecular complexity index is 210. The number of hydrogen-bond acceptors (Lipinski definition) is 1. The molecule has 1 fully saturated rings. The van der Waals surface area contributed by atoms with E-state index in [9.17, 15) is 0 Å². The number of unbranched alkanes of at least 4 members (excludes halogenated alkanes) is 1. The Kier molecular flexibility index (Phi) is 3.38. The molecule has 0 saturated carbocycles. The lowest BCUT2D eigenvalue weighted by atomic mass is 9.95. The molecule has 0 radical (unpaired) electrons. The van der Waals surface area contributed by atoms with Gasteiger partial charge >= 0.3 is 23.1 Å². The van der Waals surface area contributed by atoms with Crippen molar-refractivity contribution < 1.29 is 4.74 Å². The molecular weight excluding hydrogens is 160 g/mol. The fourth-order valence-corrected chi connectivity index (χ4v) is 1.66. The minimum atomic E-state index is 0. The lowest BCUT2D eigenvalue weighted by molar-refractivity contribution is 0.323. The third-order valence-corrected chi connectivity index (χ3v) is 2.47. The summed E-state index contributed by atoms with van der Waals surface area (Å²) in [5.41, 5.74) is 0.130. The van der Waals surface area contributed by atoms with Gasteiger partial charge in [0.25, 0.3) is 0 Å². The van der Waals surface area contributed by atoms with Gasteiger partial charge in [-0.05, 0) is 12.5 Å². The molecule has 2 atom stereocenters. The van der Waals surface area contributed by atoms with Gasteiger partial charge in [0.15, 0.2) is 0 Å². The number of epoxide rings is 1. The van der Waals surface area contributed by atoms with Crippen LogP contribution in [-0.2, 0) is 4.74 Å². The highest BCUT2D eigenvalue weighted by atomic mass is 24.3. The first kappa shape index (κ1) is 10.3. The van der Waals surface area contributed by atoms with E-state index >= 15 is 0 Å². The summed E-state index contributed by atoms with van der Waals surface area (Å²) in [5, 5.41) is 0. The third-order valence-electron chi connectivity index (χ3n) is 2.47. The standard InChI is InChI=1S/C10H14O.Mg.2H/c1-2-3-7-10-8-5-4-6-9(10)11-10;;;/h4-6,8-9H,2-3,7H2,1H3;;;. The Morgan fingerprint density at radius 3 is 2.92 bits per heavy atom. The van der Waals surface area contributed by atoms with Crippen LogP contribution in [0.2, 0.25) is 0 Å². The van der Waals surface area contributed by atoms with Crippen LogP contribution >= 0.6 is 0 Å². The highest BCUT2D eigenvalue weighted by molar-refractivity contribution is 5.75. The van der Waals surface area contributed by atoms with Crippen LogP contribution in [0.4, 0.5) is 0 Å². The van der Waals surface area contributed by atoms with Crippen molar-refractivity contribution in [2.24, 2.45) is 0 Å². The molecule has 1 aliphatic heterocycles. The molecule has 1 saturated heterocycles. The van der Waals surface area contributed by atoms with Crippen molar-refractivity contribution in [1.29, 1.82) is 0 Å². The van der Waals surface area contributed by atoms with Crippen molar-refractivity contribution in [3.63, 3.8) is 0 Å². The van der Waals surface area contributed by atoms with Crippen molar-refractivity contribution in [2.45, 2.75) is 37.9 Å². The van der Waals surface area contributed by atoms with E-state index in [1.54, 1.807) is 0 Å². The van der Waals surface area contributed by atoms with E-state index in [2.05, 4.69) is 31.2 Å². The third kappa shape index (κ3) is 1.75.